The van der Waals surface area contributed by atoms with Crippen molar-refractivity contribution in [2.24, 2.45) is 4.99 Å². The summed E-state index contributed by atoms with van der Waals surface area (Å²) in [6, 6.07) is 15.3. The number of thioether (sulfide) groups is 1. The minimum atomic E-state index is 0. The second-order valence-electron chi connectivity index (χ2n) is 6.90. The molecular weight excluding hydrogens is 469 g/mol. The summed E-state index contributed by atoms with van der Waals surface area (Å²) in [4.78, 5) is 4.42. The van der Waals surface area contributed by atoms with Crippen LogP contribution >= 0.6 is 35.7 Å². The maximum Gasteiger partial charge on any atom is 0.191 e. The first-order valence-corrected chi connectivity index (χ1v) is 10.5. The second-order valence-corrected chi connectivity index (χ2v) is 8.17. The Morgan fingerprint density at radius 1 is 1.19 bits per heavy atom. The molecule has 1 fully saturated rings. The Bertz CT molecular complexity index is 762. The molecule has 1 heterocycles. The molecule has 2 aromatic rings. The molecule has 2 N–H and O–H groups in total. The van der Waals surface area contributed by atoms with E-state index in [9.17, 15) is 0 Å². The van der Waals surface area contributed by atoms with Crippen LogP contribution in [-0.4, -0.2) is 43.8 Å². The molecule has 1 aliphatic heterocycles. The standard InChI is InChI=1S/C21H29N3OS.HI/c1-16(18-9-8-17-6-4-5-7-19(17)14-18)24-20(22-2)23-15-21(26-3)10-12-25-13-11-21;/h4-9,14,16H,10-13,15H2,1-3H3,(H2,22,23,24);1H. The molecule has 1 unspecified atom stereocenters. The first-order chi connectivity index (χ1) is 12.7. The van der Waals surface area contributed by atoms with E-state index in [1.807, 2.05) is 18.8 Å². The topological polar surface area (TPSA) is 45.7 Å². The summed E-state index contributed by atoms with van der Waals surface area (Å²) in [7, 11) is 1.83. The number of nitrogens with zero attached hydrogens (tertiary/aromatic N) is 1. The van der Waals surface area contributed by atoms with Gasteiger partial charge in [0.2, 0.25) is 0 Å². The summed E-state index contributed by atoms with van der Waals surface area (Å²) in [5, 5.41) is 9.60. The van der Waals surface area contributed by atoms with Crippen LogP contribution in [0.5, 0.6) is 0 Å². The molecule has 0 aliphatic carbocycles. The van der Waals surface area contributed by atoms with Gasteiger partial charge in [0.1, 0.15) is 0 Å². The third-order valence-electron chi connectivity index (χ3n) is 5.27. The first-order valence-electron chi connectivity index (χ1n) is 9.24. The van der Waals surface area contributed by atoms with Gasteiger partial charge in [0, 0.05) is 31.6 Å². The lowest BCUT2D eigenvalue weighted by atomic mass is 9.99. The normalized spacial score (nSPS) is 17.8. The Hall–Kier alpha value is -0.990. The van der Waals surface area contributed by atoms with Crippen LogP contribution in [0.25, 0.3) is 10.8 Å². The fourth-order valence-corrected chi connectivity index (χ4v) is 4.19. The van der Waals surface area contributed by atoms with Crippen LogP contribution in [0.3, 0.4) is 0 Å². The van der Waals surface area contributed by atoms with Gasteiger partial charge < -0.3 is 15.4 Å². The van der Waals surface area contributed by atoms with Gasteiger partial charge in [-0.2, -0.15) is 11.8 Å². The zero-order chi connectivity index (χ0) is 18.4. The van der Waals surface area contributed by atoms with Gasteiger partial charge in [-0.1, -0.05) is 36.4 Å². The molecule has 6 heteroatoms. The second kappa shape index (κ2) is 10.5. The minimum absolute atomic E-state index is 0. The van der Waals surface area contributed by atoms with E-state index in [1.54, 1.807) is 0 Å². The molecule has 0 spiro atoms. The van der Waals surface area contributed by atoms with Crippen molar-refractivity contribution in [1.82, 2.24) is 10.6 Å². The molecule has 0 radical (unpaired) electrons. The molecule has 3 rings (SSSR count). The van der Waals surface area contributed by atoms with Crippen LogP contribution in [0.15, 0.2) is 47.5 Å². The average molecular weight is 499 g/mol. The Kier molecular flexibility index (Phi) is 8.69. The molecule has 0 aromatic heterocycles. The summed E-state index contributed by atoms with van der Waals surface area (Å²) in [5.74, 6) is 0.852. The van der Waals surface area contributed by atoms with Crippen LogP contribution in [-0.2, 0) is 4.74 Å². The maximum absolute atomic E-state index is 5.53. The van der Waals surface area contributed by atoms with Gasteiger partial charge in [-0.25, -0.2) is 0 Å². The number of rotatable bonds is 5. The van der Waals surface area contributed by atoms with Gasteiger partial charge >= 0.3 is 0 Å². The number of halogens is 1. The number of fused-ring (bicyclic) bond motifs is 1. The Morgan fingerprint density at radius 3 is 2.56 bits per heavy atom. The van der Waals surface area contributed by atoms with Crippen molar-refractivity contribution < 1.29 is 4.74 Å². The summed E-state index contributed by atoms with van der Waals surface area (Å²) in [6.07, 6.45) is 4.36. The van der Waals surface area contributed by atoms with Crippen molar-refractivity contribution in [1.29, 1.82) is 0 Å². The van der Waals surface area contributed by atoms with E-state index in [4.69, 9.17) is 4.74 Å². The van der Waals surface area contributed by atoms with Crippen molar-refractivity contribution in [3.05, 3.63) is 48.0 Å². The Morgan fingerprint density at radius 2 is 1.89 bits per heavy atom. The summed E-state index contributed by atoms with van der Waals surface area (Å²) in [6.45, 7) is 4.78. The highest BCUT2D eigenvalue weighted by atomic mass is 127. The van der Waals surface area contributed by atoms with Crippen molar-refractivity contribution in [3.8, 4) is 0 Å². The van der Waals surface area contributed by atoms with Gasteiger partial charge in [0.15, 0.2) is 5.96 Å². The smallest absolute Gasteiger partial charge is 0.191 e. The Labute approximate surface area is 183 Å². The molecule has 1 saturated heterocycles. The molecular formula is C21H30IN3OS. The molecule has 0 amide bonds. The molecule has 2 aromatic carbocycles. The highest BCUT2D eigenvalue weighted by molar-refractivity contribution is 14.0. The first kappa shape index (κ1) is 22.3. The lowest BCUT2D eigenvalue weighted by Gasteiger charge is -2.36. The predicted molar refractivity (Wildman–Crippen MR) is 129 cm³/mol. The van der Waals surface area contributed by atoms with E-state index < -0.39 is 0 Å². The number of benzene rings is 2. The van der Waals surface area contributed by atoms with E-state index in [-0.39, 0.29) is 34.8 Å². The molecule has 0 bridgehead atoms. The fraction of sp³-hybridized carbons (Fsp3) is 0.476. The largest absolute Gasteiger partial charge is 0.381 e. The monoisotopic (exact) mass is 499 g/mol. The summed E-state index contributed by atoms with van der Waals surface area (Å²) in [5.41, 5.74) is 1.26. The average Bonchev–Trinajstić information content (AvgIpc) is 2.71. The molecule has 4 nitrogen and oxygen atoms in total. The quantitative estimate of drug-likeness (QED) is 0.359. The Balaban J connectivity index is 0.00000261. The highest BCUT2D eigenvalue weighted by Crippen LogP contribution is 2.33. The van der Waals surface area contributed by atoms with Crippen molar-refractivity contribution in [2.45, 2.75) is 30.6 Å². The summed E-state index contributed by atoms with van der Waals surface area (Å²) < 4.78 is 5.77. The highest BCUT2D eigenvalue weighted by Gasteiger charge is 2.31. The molecule has 1 atom stereocenters. The van der Waals surface area contributed by atoms with Gasteiger partial charge in [-0.15, -0.1) is 24.0 Å². The van der Waals surface area contributed by atoms with Crippen LogP contribution in [0, 0.1) is 0 Å². The number of ether oxygens (including phenoxy) is 1. The van der Waals surface area contributed by atoms with Crippen LogP contribution in [0.1, 0.15) is 31.4 Å². The van der Waals surface area contributed by atoms with Crippen molar-refractivity contribution in [3.63, 3.8) is 0 Å². The van der Waals surface area contributed by atoms with E-state index in [2.05, 4.69) is 71.3 Å². The number of guanidine groups is 1. The summed E-state index contributed by atoms with van der Waals surface area (Å²) >= 11 is 1.94. The van der Waals surface area contributed by atoms with E-state index in [0.29, 0.717) is 0 Å². The third kappa shape index (κ3) is 5.74. The zero-order valence-electron chi connectivity index (χ0n) is 16.3. The molecule has 27 heavy (non-hydrogen) atoms. The maximum atomic E-state index is 5.53. The lowest BCUT2D eigenvalue weighted by molar-refractivity contribution is 0.0782. The number of hydrogen-bond acceptors (Lipinski definition) is 3. The predicted octanol–water partition coefficient (Wildman–Crippen LogP) is 4.60. The third-order valence-corrected chi connectivity index (χ3v) is 6.68. The fourth-order valence-electron chi connectivity index (χ4n) is 3.40. The van der Waals surface area contributed by atoms with Crippen LogP contribution in [0.2, 0.25) is 0 Å². The lowest BCUT2D eigenvalue weighted by Crippen LogP contribution is -2.48. The van der Waals surface area contributed by atoms with Gasteiger partial charge in [0.05, 0.1) is 6.04 Å². The minimum Gasteiger partial charge on any atom is -0.381 e. The van der Waals surface area contributed by atoms with E-state index in [1.165, 1.54) is 16.3 Å². The molecule has 1 aliphatic rings. The number of aliphatic imine (C=N–C) groups is 1. The van der Waals surface area contributed by atoms with E-state index in [0.717, 1.165) is 38.6 Å². The van der Waals surface area contributed by atoms with Crippen molar-refractivity contribution >= 4 is 52.5 Å². The molecule has 0 saturated carbocycles. The van der Waals surface area contributed by atoms with Crippen LogP contribution in [0.4, 0.5) is 0 Å². The van der Waals surface area contributed by atoms with Crippen molar-refractivity contribution in [2.75, 3.05) is 33.1 Å². The van der Waals surface area contributed by atoms with E-state index >= 15 is 0 Å². The zero-order valence-corrected chi connectivity index (χ0v) is 19.5. The van der Waals surface area contributed by atoms with Gasteiger partial charge in [0.25, 0.3) is 0 Å². The molecule has 148 valence electrons. The SMILES string of the molecule is CN=C(NCC1(SC)CCOCC1)NC(C)c1ccc2ccccc2c1.I. The number of hydrogen-bond donors (Lipinski definition) is 2. The van der Waals surface area contributed by atoms with Gasteiger partial charge in [-0.3, -0.25) is 4.99 Å². The number of nitrogens with one attached hydrogen (secondary N) is 2. The van der Waals surface area contributed by atoms with Crippen LogP contribution < -0.4 is 10.6 Å². The van der Waals surface area contributed by atoms with Gasteiger partial charge in [-0.05, 0) is 48.4 Å².